The van der Waals surface area contributed by atoms with Crippen molar-refractivity contribution in [3.05, 3.63) is 0 Å². The maximum absolute atomic E-state index is 11.6. The zero-order chi connectivity index (χ0) is 7.61. The molecule has 2 nitrogen and oxygen atoms in total. The van der Waals surface area contributed by atoms with E-state index in [0.717, 1.165) is 30.3 Å². The van der Waals surface area contributed by atoms with Crippen molar-refractivity contribution in [2.24, 2.45) is 5.92 Å². The average Bonchev–Trinajstić information content (AvgIpc) is 1.96. The summed E-state index contributed by atoms with van der Waals surface area (Å²) in [5.74, 6) is 2.60. The molecule has 1 rings (SSSR count). The predicted octanol–water partition coefficient (Wildman–Crippen LogP) is 0.567. The van der Waals surface area contributed by atoms with Crippen LogP contribution in [0.2, 0.25) is 0 Å². The first-order valence-electron chi connectivity index (χ1n) is 3.93. The highest BCUT2D eigenvalue weighted by Gasteiger charge is 2.20. The Balaban J connectivity index is 2.46. The smallest absolute Gasteiger partial charge is 0.0130 e. The molecular formula is C7H17NOS. The lowest BCUT2D eigenvalue weighted by Gasteiger charge is -2.30. The molecule has 0 aromatic rings. The highest BCUT2D eigenvalue weighted by Crippen LogP contribution is 2.20. The summed E-state index contributed by atoms with van der Waals surface area (Å²) in [5.41, 5.74) is 0. The Morgan fingerprint density at radius 3 is 2.30 bits per heavy atom. The molecule has 1 fully saturated rings. The largest absolute Gasteiger partial charge is 0.271 e. The van der Waals surface area contributed by atoms with Crippen molar-refractivity contribution in [1.29, 1.82) is 0 Å². The summed E-state index contributed by atoms with van der Waals surface area (Å²) in [5, 5.41) is 0. The van der Waals surface area contributed by atoms with Crippen molar-refractivity contribution >= 4 is 10.1 Å². The van der Waals surface area contributed by atoms with Gasteiger partial charge in [0, 0.05) is 11.5 Å². The molecule has 0 atom stereocenters. The molecule has 1 aliphatic rings. The van der Waals surface area contributed by atoms with E-state index in [2.05, 4.69) is 11.6 Å². The van der Waals surface area contributed by atoms with Crippen LogP contribution in [0.4, 0.5) is 0 Å². The Hall–Kier alpha value is 0.110. The van der Waals surface area contributed by atoms with Crippen LogP contribution in [0.5, 0.6) is 0 Å². The molecule has 1 N–H and O–H groups in total. The lowest BCUT2D eigenvalue weighted by Crippen LogP contribution is -2.38. The second-order valence-electron chi connectivity index (χ2n) is 3.24. The number of rotatable bonds is 1. The van der Waals surface area contributed by atoms with Crippen LogP contribution in [0, 0.1) is 5.92 Å². The molecule has 1 aliphatic heterocycles. The van der Waals surface area contributed by atoms with Crippen LogP contribution in [-0.4, -0.2) is 22.8 Å². The Labute approximate surface area is 64.0 Å². The molecule has 1 heterocycles. The molecule has 0 unspecified atom stereocenters. The third-order valence-electron chi connectivity index (χ3n) is 2.37. The van der Waals surface area contributed by atoms with Crippen LogP contribution < -0.4 is 4.72 Å². The van der Waals surface area contributed by atoms with E-state index in [4.69, 9.17) is 0 Å². The van der Waals surface area contributed by atoms with Gasteiger partial charge in [-0.3, -0.25) is 8.93 Å². The Bertz CT molecular complexity index is 146. The van der Waals surface area contributed by atoms with Crippen molar-refractivity contribution in [1.82, 2.24) is 4.72 Å². The Morgan fingerprint density at radius 1 is 1.40 bits per heavy atom. The Kier molecular flexibility index (Phi) is 2.47. The molecule has 10 heavy (non-hydrogen) atoms. The molecule has 0 amide bonds. The van der Waals surface area contributed by atoms with Gasteiger partial charge >= 0.3 is 0 Å². The van der Waals surface area contributed by atoms with E-state index < -0.39 is 10.1 Å². The molecular weight excluding hydrogens is 146 g/mol. The van der Waals surface area contributed by atoms with Gasteiger partial charge in [0.1, 0.15) is 0 Å². The average molecular weight is 163 g/mol. The number of hydrogen-bond donors (Lipinski definition) is 2. The minimum Gasteiger partial charge on any atom is -0.271 e. The van der Waals surface area contributed by atoms with Gasteiger partial charge in [0.05, 0.1) is 0 Å². The topological polar surface area (TPSA) is 29.1 Å². The maximum atomic E-state index is 11.6. The molecule has 0 aliphatic carbocycles. The standard InChI is InChI=1S/C7H17NOS/c1-7-3-5-10(9,8-2)6-4-7/h7,10H,3-6H2,1-2H3,(H,8,9). The van der Waals surface area contributed by atoms with E-state index in [-0.39, 0.29) is 0 Å². The fourth-order valence-corrected chi connectivity index (χ4v) is 3.72. The van der Waals surface area contributed by atoms with E-state index in [1.54, 1.807) is 0 Å². The summed E-state index contributed by atoms with van der Waals surface area (Å²) >= 11 is 0. The molecule has 0 bridgehead atoms. The van der Waals surface area contributed by atoms with Crippen LogP contribution in [-0.2, 0) is 10.1 Å². The zero-order valence-electron chi connectivity index (χ0n) is 6.76. The van der Waals surface area contributed by atoms with E-state index in [9.17, 15) is 4.21 Å². The molecule has 62 valence electrons. The molecule has 0 saturated carbocycles. The van der Waals surface area contributed by atoms with Crippen molar-refractivity contribution in [3.8, 4) is 0 Å². The number of thiol groups is 1. The zero-order valence-corrected chi connectivity index (χ0v) is 7.66. The third kappa shape index (κ3) is 1.80. The maximum Gasteiger partial charge on any atom is 0.0130 e. The fourth-order valence-electron chi connectivity index (χ4n) is 1.34. The minimum atomic E-state index is -1.88. The van der Waals surface area contributed by atoms with Crippen molar-refractivity contribution in [2.45, 2.75) is 19.8 Å². The van der Waals surface area contributed by atoms with Gasteiger partial charge < -0.3 is 0 Å². The summed E-state index contributed by atoms with van der Waals surface area (Å²) in [4.78, 5) is 0. The SMILES string of the molecule is CN[SH]1(=O)CCC(C)CC1. The summed E-state index contributed by atoms with van der Waals surface area (Å²) in [7, 11) is -0.0655. The second kappa shape index (κ2) is 3.01. The highest BCUT2D eigenvalue weighted by atomic mass is 32.3. The van der Waals surface area contributed by atoms with Gasteiger partial charge in [0.25, 0.3) is 0 Å². The van der Waals surface area contributed by atoms with Gasteiger partial charge in [0.2, 0.25) is 0 Å². The van der Waals surface area contributed by atoms with Crippen LogP contribution in [0.1, 0.15) is 19.8 Å². The number of hydrogen-bond acceptors (Lipinski definition) is 1. The molecule has 0 aromatic carbocycles. The van der Waals surface area contributed by atoms with E-state index in [0.29, 0.717) is 0 Å². The molecule has 3 heteroatoms. The van der Waals surface area contributed by atoms with E-state index in [1.165, 1.54) is 0 Å². The first-order chi connectivity index (χ1) is 4.66. The quantitative estimate of drug-likeness (QED) is 0.544. The molecule has 1 saturated heterocycles. The van der Waals surface area contributed by atoms with Crippen molar-refractivity contribution < 1.29 is 4.21 Å². The fraction of sp³-hybridized carbons (Fsp3) is 1.00. The Morgan fingerprint density at radius 2 is 1.90 bits per heavy atom. The number of nitrogens with one attached hydrogen (secondary N) is 1. The lowest BCUT2D eigenvalue weighted by atomic mass is 10.1. The first-order valence-corrected chi connectivity index (χ1v) is 6.01. The predicted molar refractivity (Wildman–Crippen MR) is 46.7 cm³/mol. The normalized spacial score (nSPS) is 35.2. The summed E-state index contributed by atoms with van der Waals surface area (Å²) in [6.45, 7) is 2.24. The van der Waals surface area contributed by atoms with Gasteiger partial charge in [0.15, 0.2) is 0 Å². The third-order valence-corrected chi connectivity index (χ3v) is 5.15. The minimum absolute atomic E-state index is 0.787. The van der Waals surface area contributed by atoms with Crippen LogP contribution >= 0.6 is 0 Å². The molecule has 0 spiro atoms. The van der Waals surface area contributed by atoms with Crippen LogP contribution in [0.3, 0.4) is 0 Å². The van der Waals surface area contributed by atoms with Gasteiger partial charge in [-0.1, -0.05) is 17.0 Å². The van der Waals surface area contributed by atoms with E-state index >= 15 is 0 Å². The van der Waals surface area contributed by atoms with Crippen LogP contribution in [0.15, 0.2) is 0 Å². The lowest BCUT2D eigenvalue weighted by molar-refractivity contribution is 0.517. The molecule has 0 aromatic heterocycles. The summed E-state index contributed by atoms with van der Waals surface area (Å²) < 4.78 is 14.6. The molecule has 0 radical (unpaired) electrons. The van der Waals surface area contributed by atoms with Crippen molar-refractivity contribution in [2.75, 3.05) is 18.6 Å². The van der Waals surface area contributed by atoms with Gasteiger partial charge in [-0.05, 0) is 25.8 Å². The summed E-state index contributed by atoms with van der Waals surface area (Å²) in [6, 6.07) is 0. The van der Waals surface area contributed by atoms with Gasteiger partial charge in [-0.2, -0.15) is 0 Å². The summed E-state index contributed by atoms with van der Waals surface area (Å²) in [6.07, 6.45) is 2.27. The first kappa shape index (κ1) is 8.21. The van der Waals surface area contributed by atoms with Gasteiger partial charge in [-0.15, -0.1) is 0 Å². The van der Waals surface area contributed by atoms with E-state index in [1.807, 2.05) is 7.05 Å². The second-order valence-corrected chi connectivity index (χ2v) is 6.36. The highest BCUT2D eigenvalue weighted by molar-refractivity contribution is 8.01. The monoisotopic (exact) mass is 163 g/mol. The van der Waals surface area contributed by atoms with Crippen molar-refractivity contribution in [3.63, 3.8) is 0 Å². The van der Waals surface area contributed by atoms with Crippen LogP contribution in [0.25, 0.3) is 0 Å². The van der Waals surface area contributed by atoms with Gasteiger partial charge in [-0.25, -0.2) is 0 Å².